The minimum atomic E-state index is 0. The van der Waals surface area contributed by atoms with Gasteiger partial charge < -0.3 is 15.0 Å². The van der Waals surface area contributed by atoms with E-state index in [0.29, 0.717) is 12.6 Å². The number of nitrogens with zero attached hydrogens (tertiary/aromatic N) is 3. The molecule has 2 aliphatic heterocycles. The van der Waals surface area contributed by atoms with Gasteiger partial charge in [0.15, 0.2) is 0 Å². The van der Waals surface area contributed by atoms with Crippen LogP contribution in [0, 0.1) is 0 Å². The number of carbonyl (C=O) groups excluding carboxylic acids is 1. The predicted molar refractivity (Wildman–Crippen MR) is 118 cm³/mol. The number of likely N-dealkylation sites (tertiary alicyclic amines) is 1. The summed E-state index contributed by atoms with van der Waals surface area (Å²) >= 11 is 0. The number of halogens is 2. The minimum Gasteiger partial charge on any atom is -0.487 e. The summed E-state index contributed by atoms with van der Waals surface area (Å²) in [6.07, 6.45) is 2.82. The van der Waals surface area contributed by atoms with E-state index in [9.17, 15) is 4.79 Å². The predicted octanol–water partition coefficient (Wildman–Crippen LogP) is 2.62. The Bertz CT molecular complexity index is 755. The van der Waals surface area contributed by atoms with Gasteiger partial charge in [-0.05, 0) is 42.8 Å². The highest BCUT2D eigenvalue weighted by Crippen LogP contribution is 2.20. The fraction of sp³-hybridized carbons (Fsp3) is 0.429. The van der Waals surface area contributed by atoms with Crippen molar-refractivity contribution in [2.45, 2.75) is 19.1 Å². The van der Waals surface area contributed by atoms with E-state index in [1.165, 1.54) is 0 Å². The van der Waals surface area contributed by atoms with Gasteiger partial charge in [0.25, 0.3) is 5.91 Å². The molecule has 1 N–H and O–H groups in total. The van der Waals surface area contributed by atoms with Gasteiger partial charge in [0.1, 0.15) is 12.4 Å². The molecule has 0 spiro atoms. The molecule has 1 amide bonds. The highest BCUT2D eigenvalue weighted by molar-refractivity contribution is 5.94. The molecule has 1 aromatic carbocycles. The molecular formula is C21H28Cl2N4O2. The van der Waals surface area contributed by atoms with E-state index in [2.05, 4.69) is 15.2 Å². The summed E-state index contributed by atoms with van der Waals surface area (Å²) < 4.78 is 5.75. The molecule has 0 radical (unpaired) electrons. The van der Waals surface area contributed by atoms with E-state index < -0.39 is 0 Å². The van der Waals surface area contributed by atoms with E-state index in [-0.39, 0.29) is 30.7 Å². The molecule has 2 aliphatic rings. The number of aromatic nitrogens is 1. The molecule has 158 valence electrons. The fourth-order valence-electron chi connectivity index (χ4n) is 3.79. The van der Waals surface area contributed by atoms with Gasteiger partial charge in [-0.15, -0.1) is 24.8 Å². The van der Waals surface area contributed by atoms with Crippen molar-refractivity contribution >= 4 is 30.7 Å². The molecule has 1 atom stereocenters. The van der Waals surface area contributed by atoms with E-state index in [1.807, 2.05) is 47.4 Å². The van der Waals surface area contributed by atoms with Crippen LogP contribution in [-0.2, 0) is 6.61 Å². The lowest BCUT2D eigenvalue weighted by atomic mass is 10.2. The molecule has 0 bridgehead atoms. The van der Waals surface area contributed by atoms with Crippen molar-refractivity contribution in [2.24, 2.45) is 0 Å². The maximum atomic E-state index is 12.8. The van der Waals surface area contributed by atoms with Crippen LogP contribution in [0.25, 0.3) is 0 Å². The third-order valence-electron chi connectivity index (χ3n) is 5.33. The molecule has 2 fully saturated rings. The third kappa shape index (κ3) is 6.06. The molecule has 6 nitrogen and oxygen atoms in total. The van der Waals surface area contributed by atoms with Crippen molar-refractivity contribution in [2.75, 3.05) is 39.3 Å². The van der Waals surface area contributed by atoms with Crippen LogP contribution in [0.15, 0.2) is 48.7 Å². The Morgan fingerprint density at radius 3 is 2.52 bits per heavy atom. The van der Waals surface area contributed by atoms with E-state index in [4.69, 9.17) is 4.74 Å². The Morgan fingerprint density at radius 2 is 1.83 bits per heavy atom. The number of piperazine rings is 1. The van der Waals surface area contributed by atoms with Gasteiger partial charge >= 0.3 is 0 Å². The number of benzene rings is 1. The van der Waals surface area contributed by atoms with E-state index >= 15 is 0 Å². The van der Waals surface area contributed by atoms with Gasteiger partial charge in [-0.2, -0.15) is 0 Å². The zero-order chi connectivity index (χ0) is 18.5. The number of rotatable bonds is 5. The number of hydrogen-bond acceptors (Lipinski definition) is 5. The molecule has 4 rings (SSSR count). The van der Waals surface area contributed by atoms with Crippen molar-refractivity contribution in [3.63, 3.8) is 0 Å². The lowest BCUT2D eigenvalue weighted by molar-refractivity contribution is 0.0773. The van der Waals surface area contributed by atoms with Crippen molar-refractivity contribution < 1.29 is 9.53 Å². The average Bonchev–Trinajstić information content (AvgIpc) is 3.24. The van der Waals surface area contributed by atoms with Crippen LogP contribution in [0.3, 0.4) is 0 Å². The van der Waals surface area contributed by atoms with E-state index in [0.717, 1.165) is 62.7 Å². The van der Waals surface area contributed by atoms with Crippen molar-refractivity contribution in [1.29, 1.82) is 0 Å². The highest BCUT2D eigenvalue weighted by Gasteiger charge is 2.31. The zero-order valence-electron chi connectivity index (χ0n) is 16.3. The molecular weight excluding hydrogens is 411 g/mol. The van der Waals surface area contributed by atoms with Gasteiger partial charge in [-0.25, -0.2) is 0 Å². The number of pyridine rings is 1. The van der Waals surface area contributed by atoms with Gasteiger partial charge in [-0.1, -0.05) is 6.07 Å². The Morgan fingerprint density at radius 1 is 1.07 bits per heavy atom. The van der Waals surface area contributed by atoms with Crippen LogP contribution in [0.2, 0.25) is 0 Å². The van der Waals surface area contributed by atoms with Gasteiger partial charge in [0, 0.05) is 57.1 Å². The Labute approximate surface area is 184 Å². The summed E-state index contributed by atoms with van der Waals surface area (Å²) in [5.74, 6) is 0.862. The number of ether oxygens (including phenoxy) is 1. The maximum absolute atomic E-state index is 12.8. The second-order valence-corrected chi connectivity index (χ2v) is 7.11. The first-order valence-corrected chi connectivity index (χ1v) is 9.66. The van der Waals surface area contributed by atoms with Crippen LogP contribution < -0.4 is 10.1 Å². The number of carbonyl (C=O) groups is 1. The third-order valence-corrected chi connectivity index (χ3v) is 5.33. The molecule has 2 aromatic rings. The Balaban J connectivity index is 0.00000150. The highest BCUT2D eigenvalue weighted by atomic mass is 35.5. The number of nitrogens with one attached hydrogen (secondary N) is 1. The second kappa shape index (κ2) is 11.4. The first kappa shape index (κ1) is 23.4. The van der Waals surface area contributed by atoms with Crippen LogP contribution >= 0.6 is 24.8 Å². The quantitative estimate of drug-likeness (QED) is 0.777. The van der Waals surface area contributed by atoms with Gasteiger partial charge in [0.05, 0.1) is 5.69 Å². The summed E-state index contributed by atoms with van der Waals surface area (Å²) in [5.41, 5.74) is 1.61. The van der Waals surface area contributed by atoms with Gasteiger partial charge in [0.2, 0.25) is 0 Å². The van der Waals surface area contributed by atoms with Crippen LogP contribution in [0.1, 0.15) is 22.5 Å². The molecule has 0 aliphatic carbocycles. The lowest BCUT2D eigenvalue weighted by Gasteiger charge is -2.32. The number of amides is 1. The first-order chi connectivity index (χ1) is 13.3. The van der Waals surface area contributed by atoms with Crippen molar-refractivity contribution in [3.05, 3.63) is 59.9 Å². The van der Waals surface area contributed by atoms with Crippen LogP contribution in [0.5, 0.6) is 5.75 Å². The topological polar surface area (TPSA) is 57.7 Å². The SMILES string of the molecule is Cl.Cl.O=C(c1ccc(OCc2ccccn2)cc1)N1CCC(N2CCNCC2)C1. The summed E-state index contributed by atoms with van der Waals surface area (Å²) in [7, 11) is 0. The Hall–Kier alpha value is -1.86. The maximum Gasteiger partial charge on any atom is 0.253 e. The first-order valence-electron chi connectivity index (χ1n) is 9.66. The van der Waals surface area contributed by atoms with Crippen molar-refractivity contribution in [1.82, 2.24) is 20.1 Å². The normalized spacial score (nSPS) is 19.2. The molecule has 1 unspecified atom stereocenters. The molecule has 3 heterocycles. The molecule has 2 saturated heterocycles. The molecule has 0 saturated carbocycles. The van der Waals surface area contributed by atoms with Crippen LogP contribution in [-0.4, -0.2) is 66.0 Å². The fourth-order valence-corrected chi connectivity index (χ4v) is 3.79. The monoisotopic (exact) mass is 438 g/mol. The van der Waals surface area contributed by atoms with Crippen LogP contribution in [0.4, 0.5) is 0 Å². The standard InChI is InChI=1S/C21H26N4O2.2ClH/c26-21(25-12-8-19(15-25)24-13-10-22-11-14-24)17-4-6-20(7-5-17)27-16-18-3-1-2-9-23-18;;/h1-7,9,19,22H,8,10-16H2;2*1H. The van der Waals surface area contributed by atoms with E-state index in [1.54, 1.807) is 6.20 Å². The smallest absolute Gasteiger partial charge is 0.253 e. The average molecular weight is 439 g/mol. The second-order valence-electron chi connectivity index (χ2n) is 7.11. The Kier molecular flexibility index (Phi) is 9.17. The summed E-state index contributed by atoms with van der Waals surface area (Å²) in [6.45, 7) is 6.34. The largest absolute Gasteiger partial charge is 0.487 e. The minimum absolute atomic E-state index is 0. The molecule has 8 heteroatoms. The summed E-state index contributed by atoms with van der Waals surface area (Å²) in [4.78, 5) is 21.5. The zero-order valence-corrected chi connectivity index (χ0v) is 18.0. The molecule has 1 aromatic heterocycles. The number of hydrogen-bond donors (Lipinski definition) is 1. The summed E-state index contributed by atoms with van der Waals surface area (Å²) in [6, 6.07) is 13.7. The lowest BCUT2D eigenvalue weighted by Crippen LogP contribution is -2.49. The summed E-state index contributed by atoms with van der Waals surface area (Å²) in [5, 5.41) is 3.39. The van der Waals surface area contributed by atoms with Gasteiger partial charge in [-0.3, -0.25) is 14.7 Å². The van der Waals surface area contributed by atoms with Crippen molar-refractivity contribution in [3.8, 4) is 5.75 Å². The molecule has 29 heavy (non-hydrogen) atoms.